The van der Waals surface area contributed by atoms with Gasteiger partial charge >= 0.3 is 6.09 Å². The average Bonchev–Trinajstić information content (AvgIpc) is 2.35. The number of rotatable bonds is 3. The minimum Gasteiger partial charge on any atom is -0.444 e. The Bertz CT molecular complexity index is 475. The van der Waals surface area contributed by atoms with Crippen molar-refractivity contribution in [2.45, 2.75) is 33.3 Å². The number of benzene rings is 1. The zero-order valence-electron chi connectivity index (χ0n) is 12.7. The molecule has 0 radical (unpaired) electrons. The lowest BCUT2D eigenvalue weighted by Crippen LogP contribution is -2.27. The molecule has 0 saturated heterocycles. The van der Waals surface area contributed by atoms with Crippen LogP contribution in [0.15, 0.2) is 24.3 Å². The third-order valence-electron chi connectivity index (χ3n) is 2.60. The van der Waals surface area contributed by atoms with Gasteiger partial charge in [0.05, 0.1) is 0 Å². The molecule has 0 aliphatic carbocycles. The molecule has 0 aliphatic heterocycles. The molecule has 0 atom stereocenters. The Labute approximate surface area is 119 Å². The molecule has 0 fully saturated rings. The highest BCUT2D eigenvalue weighted by molar-refractivity contribution is 5.95. The van der Waals surface area contributed by atoms with E-state index in [2.05, 4.69) is 5.32 Å². The van der Waals surface area contributed by atoms with Crippen LogP contribution in [-0.4, -0.2) is 36.1 Å². The van der Waals surface area contributed by atoms with Crippen LogP contribution in [0.5, 0.6) is 0 Å². The Morgan fingerprint density at radius 3 is 2.20 bits per heavy atom. The van der Waals surface area contributed by atoms with E-state index in [4.69, 9.17) is 4.74 Å². The average molecular weight is 278 g/mol. The van der Waals surface area contributed by atoms with Gasteiger partial charge in [0.25, 0.3) is 5.91 Å². The molecule has 0 saturated carbocycles. The van der Waals surface area contributed by atoms with E-state index in [9.17, 15) is 9.59 Å². The first-order valence-electron chi connectivity index (χ1n) is 6.58. The molecule has 1 aromatic carbocycles. The number of hydrogen-bond donors (Lipinski definition) is 1. The van der Waals surface area contributed by atoms with Gasteiger partial charge in [0, 0.05) is 24.8 Å². The van der Waals surface area contributed by atoms with Crippen molar-refractivity contribution in [3.8, 4) is 0 Å². The summed E-state index contributed by atoms with van der Waals surface area (Å²) in [6.45, 7) is 7.96. The predicted octanol–water partition coefficient (Wildman–Crippen LogP) is 3.13. The highest BCUT2D eigenvalue weighted by Crippen LogP contribution is 2.13. The number of carbonyl (C=O) groups excluding carboxylic acids is 2. The number of nitrogens with one attached hydrogen (secondary N) is 1. The van der Waals surface area contributed by atoms with Crippen molar-refractivity contribution in [1.82, 2.24) is 4.90 Å². The van der Waals surface area contributed by atoms with Crippen LogP contribution in [0.3, 0.4) is 0 Å². The zero-order chi connectivity index (χ0) is 15.3. The molecule has 1 aromatic rings. The third-order valence-corrected chi connectivity index (χ3v) is 2.60. The van der Waals surface area contributed by atoms with Gasteiger partial charge in [-0.25, -0.2) is 4.79 Å². The molecule has 110 valence electrons. The Hall–Kier alpha value is -2.04. The summed E-state index contributed by atoms with van der Waals surface area (Å²) < 4.78 is 5.15. The first-order valence-corrected chi connectivity index (χ1v) is 6.58. The van der Waals surface area contributed by atoms with E-state index in [1.165, 1.54) is 0 Å². The fourth-order valence-electron chi connectivity index (χ4n) is 1.48. The molecule has 20 heavy (non-hydrogen) atoms. The number of ether oxygens (including phenoxy) is 1. The molecule has 1 N–H and O–H groups in total. The summed E-state index contributed by atoms with van der Waals surface area (Å²) in [4.78, 5) is 25.1. The van der Waals surface area contributed by atoms with Crippen molar-refractivity contribution in [3.05, 3.63) is 29.8 Å². The van der Waals surface area contributed by atoms with Crippen molar-refractivity contribution >= 4 is 17.7 Å². The summed E-state index contributed by atoms with van der Waals surface area (Å²) in [5, 5.41) is 2.62. The standard InChI is InChI=1S/C15H22N2O3/c1-6-17(5)13(18)11-7-9-12(10-8-11)16-14(19)20-15(2,3)4/h7-10H,6H2,1-5H3,(H,16,19). The lowest BCUT2D eigenvalue weighted by Gasteiger charge is -2.19. The fourth-order valence-corrected chi connectivity index (χ4v) is 1.48. The van der Waals surface area contributed by atoms with Crippen LogP contribution in [0.4, 0.5) is 10.5 Å². The van der Waals surface area contributed by atoms with Gasteiger partial charge in [-0.15, -0.1) is 0 Å². The summed E-state index contributed by atoms with van der Waals surface area (Å²) >= 11 is 0. The van der Waals surface area contributed by atoms with Crippen LogP contribution in [0, 0.1) is 0 Å². The van der Waals surface area contributed by atoms with Crippen molar-refractivity contribution < 1.29 is 14.3 Å². The smallest absolute Gasteiger partial charge is 0.412 e. The molecule has 0 heterocycles. The molecule has 1 rings (SSSR count). The lowest BCUT2D eigenvalue weighted by molar-refractivity contribution is 0.0635. The maximum atomic E-state index is 11.9. The normalized spacial score (nSPS) is 10.8. The lowest BCUT2D eigenvalue weighted by atomic mass is 10.2. The Morgan fingerprint density at radius 1 is 1.20 bits per heavy atom. The van der Waals surface area contributed by atoms with E-state index < -0.39 is 11.7 Å². The Kier molecular flexibility index (Phi) is 5.13. The summed E-state index contributed by atoms with van der Waals surface area (Å²) in [5.74, 6) is -0.0451. The second kappa shape index (κ2) is 6.41. The van der Waals surface area contributed by atoms with Crippen LogP contribution in [-0.2, 0) is 4.74 Å². The highest BCUT2D eigenvalue weighted by atomic mass is 16.6. The number of hydrogen-bond acceptors (Lipinski definition) is 3. The monoisotopic (exact) mass is 278 g/mol. The van der Waals surface area contributed by atoms with E-state index in [0.717, 1.165) is 0 Å². The molecule has 5 nitrogen and oxygen atoms in total. The van der Waals surface area contributed by atoms with Crippen molar-refractivity contribution in [2.75, 3.05) is 18.9 Å². The first-order chi connectivity index (χ1) is 9.23. The minimum atomic E-state index is -0.538. The molecule has 0 spiro atoms. The van der Waals surface area contributed by atoms with Gasteiger partial charge in [-0.1, -0.05) is 0 Å². The van der Waals surface area contributed by atoms with Crippen molar-refractivity contribution in [1.29, 1.82) is 0 Å². The topological polar surface area (TPSA) is 58.6 Å². The maximum absolute atomic E-state index is 11.9. The SMILES string of the molecule is CCN(C)C(=O)c1ccc(NC(=O)OC(C)(C)C)cc1. The van der Waals surface area contributed by atoms with Crippen LogP contribution in [0.25, 0.3) is 0 Å². The van der Waals surface area contributed by atoms with Crippen LogP contribution >= 0.6 is 0 Å². The number of anilines is 1. The number of amides is 2. The van der Waals surface area contributed by atoms with Crippen LogP contribution in [0.2, 0.25) is 0 Å². The molecule has 2 amide bonds. The Morgan fingerprint density at radius 2 is 1.75 bits per heavy atom. The molecule has 5 heteroatoms. The maximum Gasteiger partial charge on any atom is 0.412 e. The van der Waals surface area contributed by atoms with Gasteiger partial charge in [-0.05, 0) is 52.0 Å². The Balaban J connectivity index is 2.68. The minimum absolute atomic E-state index is 0.0451. The van der Waals surface area contributed by atoms with E-state index in [0.29, 0.717) is 17.8 Å². The van der Waals surface area contributed by atoms with E-state index in [1.807, 2.05) is 6.92 Å². The quantitative estimate of drug-likeness (QED) is 0.924. The van der Waals surface area contributed by atoms with Gasteiger partial charge in [0.1, 0.15) is 5.60 Å². The molecular weight excluding hydrogens is 256 g/mol. The number of carbonyl (C=O) groups is 2. The van der Waals surface area contributed by atoms with Gasteiger partial charge in [0.15, 0.2) is 0 Å². The molecule has 0 bridgehead atoms. The van der Waals surface area contributed by atoms with E-state index in [1.54, 1.807) is 57.0 Å². The highest BCUT2D eigenvalue weighted by Gasteiger charge is 2.16. The van der Waals surface area contributed by atoms with Gasteiger partial charge < -0.3 is 9.64 Å². The molecule has 0 aromatic heterocycles. The fraction of sp³-hybridized carbons (Fsp3) is 0.467. The predicted molar refractivity (Wildman–Crippen MR) is 78.9 cm³/mol. The van der Waals surface area contributed by atoms with Crippen molar-refractivity contribution in [2.24, 2.45) is 0 Å². The summed E-state index contributed by atoms with van der Waals surface area (Å²) in [5.41, 5.74) is 0.642. The number of nitrogens with zero attached hydrogens (tertiary/aromatic N) is 1. The first kappa shape index (κ1) is 16.0. The molecular formula is C15H22N2O3. The van der Waals surface area contributed by atoms with E-state index in [-0.39, 0.29) is 5.91 Å². The largest absolute Gasteiger partial charge is 0.444 e. The van der Waals surface area contributed by atoms with E-state index >= 15 is 0 Å². The third kappa shape index (κ3) is 4.91. The summed E-state index contributed by atoms with van der Waals surface area (Å²) in [7, 11) is 1.75. The molecule has 0 unspecified atom stereocenters. The summed E-state index contributed by atoms with van der Waals surface area (Å²) in [6.07, 6.45) is -0.512. The summed E-state index contributed by atoms with van der Waals surface area (Å²) in [6, 6.07) is 6.73. The molecule has 0 aliphatic rings. The van der Waals surface area contributed by atoms with Crippen LogP contribution < -0.4 is 5.32 Å². The second-order valence-electron chi connectivity index (χ2n) is 5.52. The van der Waals surface area contributed by atoms with Gasteiger partial charge in [0.2, 0.25) is 0 Å². The zero-order valence-corrected chi connectivity index (χ0v) is 12.7. The van der Waals surface area contributed by atoms with Gasteiger partial charge in [-0.2, -0.15) is 0 Å². The van der Waals surface area contributed by atoms with Gasteiger partial charge in [-0.3, -0.25) is 10.1 Å². The van der Waals surface area contributed by atoms with Crippen LogP contribution in [0.1, 0.15) is 38.1 Å². The second-order valence-corrected chi connectivity index (χ2v) is 5.52. The van der Waals surface area contributed by atoms with Crippen molar-refractivity contribution in [3.63, 3.8) is 0 Å².